The molecule has 0 aliphatic carbocycles. The standard InChI is InChI=1S/C15H36N9O12Si10/c1-44(2,13-7-10-19-22-16)34-41-28-38-25-37-26-39(29-41)31-43(36-46(5,6)15-9-12-21-24-18)33-40(27-37)32-42(30-38)35-45(3,4)14-8-11-20-23-17/h7-15H2,1-6H3. The summed E-state index contributed by atoms with van der Waals surface area (Å²) in [5.41, 5.74) is 25.9. The lowest BCUT2D eigenvalue weighted by molar-refractivity contribution is 0.0805. The van der Waals surface area contributed by atoms with Gasteiger partial charge in [-0.3, -0.25) is 0 Å². The smallest absolute Gasteiger partial charge is 0.414 e. The minimum atomic E-state index is -2.58. The Balaban J connectivity index is 1.83. The first-order chi connectivity index (χ1) is 21.8. The Morgan fingerprint density at radius 3 is 0.935 bits per heavy atom. The van der Waals surface area contributed by atoms with Gasteiger partial charge in [0.05, 0.1) is 0 Å². The number of hydrogen-bond acceptors (Lipinski definition) is 15. The lowest BCUT2D eigenvalue weighted by Gasteiger charge is -2.38. The van der Waals surface area contributed by atoms with Gasteiger partial charge >= 0.3 is 66.7 Å². The van der Waals surface area contributed by atoms with E-state index in [2.05, 4.69) is 30.1 Å². The summed E-state index contributed by atoms with van der Waals surface area (Å²) in [4.78, 5) is 8.43. The fourth-order valence-electron chi connectivity index (χ4n) is 3.74. The van der Waals surface area contributed by atoms with Crippen molar-refractivity contribution in [3.63, 3.8) is 0 Å². The summed E-state index contributed by atoms with van der Waals surface area (Å²) in [5.74, 6) is 0. The SMILES string of the molecule is C[Si](C)(CCCN=[N+]=[N-])O[Si]1O[Si]2O[Si]3O[Si](O1)O[Si](O[Si](C)(C)CCCN=[N+]=[N-])O[Si](O3)O[Si](O[Si](C)(C)CCCN=[N+]=[N-])O2. The van der Waals surface area contributed by atoms with E-state index >= 15 is 0 Å². The molecule has 0 saturated carbocycles. The first-order valence-electron chi connectivity index (χ1n) is 14.1. The van der Waals surface area contributed by atoms with Crippen LogP contribution in [0.2, 0.25) is 57.4 Å². The Hall–Kier alpha value is -0.381. The Bertz CT molecular complexity index is 971. The highest BCUT2D eigenvalue weighted by Gasteiger charge is 2.56. The van der Waals surface area contributed by atoms with Crippen LogP contribution >= 0.6 is 0 Å². The number of fused-ring (bicyclic) bond motifs is 3. The molecule has 3 aliphatic rings. The van der Waals surface area contributed by atoms with Crippen LogP contribution in [0.4, 0.5) is 0 Å². The van der Waals surface area contributed by atoms with Crippen molar-refractivity contribution >= 4 is 91.6 Å². The Morgan fingerprint density at radius 1 is 0.457 bits per heavy atom. The van der Waals surface area contributed by atoms with E-state index in [0.717, 1.165) is 0 Å². The predicted molar refractivity (Wildman–Crippen MR) is 176 cm³/mol. The maximum absolute atomic E-state index is 8.62. The van der Waals surface area contributed by atoms with Gasteiger partial charge in [0.2, 0.25) is 0 Å². The molecule has 0 N–H and O–H groups in total. The van der Waals surface area contributed by atoms with Crippen molar-refractivity contribution in [2.45, 2.75) is 76.7 Å². The molecule has 0 unspecified atom stereocenters. The van der Waals surface area contributed by atoms with Gasteiger partial charge in [0.1, 0.15) is 0 Å². The van der Waals surface area contributed by atoms with Crippen LogP contribution in [0.1, 0.15) is 19.3 Å². The van der Waals surface area contributed by atoms with Crippen LogP contribution in [-0.4, -0.2) is 111 Å². The van der Waals surface area contributed by atoms with Crippen molar-refractivity contribution in [1.29, 1.82) is 0 Å². The van der Waals surface area contributed by atoms with Crippen LogP contribution in [-0.2, 0) is 49.4 Å². The lowest BCUT2D eigenvalue weighted by atomic mass is 10.5. The topological polar surface area (TPSA) is 257 Å². The van der Waals surface area contributed by atoms with Gasteiger partial charge in [0.15, 0.2) is 25.0 Å². The molecule has 31 heteroatoms. The van der Waals surface area contributed by atoms with Crippen molar-refractivity contribution in [2.75, 3.05) is 19.6 Å². The molecule has 3 rings (SSSR count). The molecule has 46 heavy (non-hydrogen) atoms. The fourth-order valence-corrected chi connectivity index (χ4v) is 29.7. The second-order valence-electron chi connectivity index (χ2n) is 11.4. The molecular weight excluding hydrogens is 779 g/mol. The Morgan fingerprint density at radius 2 is 0.696 bits per heavy atom. The Labute approximate surface area is 283 Å². The largest absolute Gasteiger partial charge is 0.553 e. The summed E-state index contributed by atoms with van der Waals surface area (Å²) in [6.07, 6.45) is 1.92. The molecule has 0 atom stereocenters. The molecule has 3 heterocycles. The predicted octanol–water partition coefficient (Wildman–Crippen LogP) is 3.84. The Kier molecular flexibility index (Phi) is 17.2. The molecule has 253 valence electrons. The van der Waals surface area contributed by atoms with Crippen LogP contribution in [0.25, 0.3) is 31.3 Å². The fraction of sp³-hybridized carbons (Fsp3) is 1.00. The maximum Gasteiger partial charge on any atom is 0.553 e. The van der Waals surface area contributed by atoms with E-state index in [4.69, 9.17) is 66.0 Å². The highest BCUT2D eigenvalue weighted by molar-refractivity contribution is 6.84. The van der Waals surface area contributed by atoms with E-state index in [0.29, 0.717) is 57.0 Å². The highest BCUT2D eigenvalue weighted by Crippen LogP contribution is 2.26. The normalized spacial score (nSPS) is 20.5. The van der Waals surface area contributed by atoms with Gasteiger partial charge in [0, 0.05) is 34.4 Å². The molecule has 0 aromatic rings. The average molecular weight is 815 g/mol. The van der Waals surface area contributed by atoms with Crippen molar-refractivity contribution in [2.24, 2.45) is 15.3 Å². The van der Waals surface area contributed by atoms with Gasteiger partial charge in [-0.2, -0.15) is 0 Å². The monoisotopic (exact) mass is 814 g/mol. The van der Waals surface area contributed by atoms with Crippen LogP contribution in [0.3, 0.4) is 0 Å². The molecule has 21 nitrogen and oxygen atoms in total. The zero-order valence-electron chi connectivity index (χ0n) is 26.3. The molecule has 7 radical (unpaired) electrons. The zero-order chi connectivity index (χ0) is 33.6. The zero-order valence-corrected chi connectivity index (χ0v) is 36.3. The van der Waals surface area contributed by atoms with Crippen LogP contribution in [0, 0.1) is 0 Å². The van der Waals surface area contributed by atoms with E-state index in [1.807, 2.05) is 39.3 Å². The van der Waals surface area contributed by atoms with Gasteiger partial charge < -0.3 is 49.4 Å². The van der Waals surface area contributed by atoms with Gasteiger partial charge in [-0.05, 0) is 93.3 Å². The van der Waals surface area contributed by atoms with E-state index in [9.17, 15) is 0 Å². The molecule has 0 aromatic carbocycles. The minimum absolute atomic E-state index is 0.349. The van der Waals surface area contributed by atoms with Gasteiger partial charge in [-0.25, -0.2) is 0 Å². The third-order valence-corrected chi connectivity index (χ3v) is 31.2. The summed E-state index contributed by atoms with van der Waals surface area (Å²) in [6.45, 7) is 13.1. The highest BCUT2D eigenvalue weighted by atomic mass is 28.6. The summed E-state index contributed by atoms with van der Waals surface area (Å²) in [5, 5.41) is 10.8. The second-order valence-corrected chi connectivity index (χ2v) is 36.8. The van der Waals surface area contributed by atoms with E-state index in [1.54, 1.807) is 0 Å². The molecule has 0 amide bonds. The summed E-state index contributed by atoms with van der Waals surface area (Å²) < 4.78 is 75.0. The molecule has 3 saturated heterocycles. The molecule has 3 aliphatic heterocycles. The molecule has 4 bridgehead atoms. The van der Waals surface area contributed by atoms with Crippen LogP contribution in [0.5, 0.6) is 0 Å². The van der Waals surface area contributed by atoms with Crippen LogP contribution in [0.15, 0.2) is 15.3 Å². The quantitative estimate of drug-likeness (QED) is 0.0629. The van der Waals surface area contributed by atoms with Crippen molar-refractivity contribution in [3.8, 4) is 0 Å². The second kappa shape index (κ2) is 19.7. The van der Waals surface area contributed by atoms with E-state index in [-0.39, 0.29) is 0 Å². The van der Waals surface area contributed by atoms with Crippen molar-refractivity contribution in [3.05, 3.63) is 31.3 Å². The molecule has 0 aromatic heterocycles. The first kappa shape index (κ1) is 40.1. The minimum Gasteiger partial charge on any atom is -0.414 e. The number of rotatable bonds is 18. The number of hydrogen-bond donors (Lipinski definition) is 0. The van der Waals surface area contributed by atoms with Crippen LogP contribution < -0.4 is 0 Å². The molecular formula is C15H36N9O12Si10. The summed E-state index contributed by atoms with van der Waals surface area (Å²) in [7, 11) is -25.1. The van der Waals surface area contributed by atoms with Gasteiger partial charge in [-0.15, -0.1) is 0 Å². The third-order valence-electron chi connectivity index (χ3n) is 5.88. The van der Waals surface area contributed by atoms with E-state index < -0.39 is 91.6 Å². The van der Waals surface area contributed by atoms with Crippen molar-refractivity contribution in [1.82, 2.24) is 0 Å². The van der Waals surface area contributed by atoms with Gasteiger partial charge in [0.25, 0.3) is 0 Å². The molecule has 0 spiro atoms. The third kappa shape index (κ3) is 15.4. The van der Waals surface area contributed by atoms with E-state index in [1.165, 1.54) is 0 Å². The number of azide groups is 3. The molecule has 3 fully saturated rings. The summed E-state index contributed by atoms with van der Waals surface area (Å²) in [6, 6.07) is 2.04. The first-order valence-corrected chi connectivity index (χ1v) is 32.0. The average Bonchev–Trinajstić information content (AvgIpc) is 2.92. The van der Waals surface area contributed by atoms with Gasteiger partial charge in [-0.1, -0.05) is 15.3 Å². The maximum atomic E-state index is 8.62. The number of nitrogens with zero attached hydrogens (tertiary/aromatic N) is 9. The lowest BCUT2D eigenvalue weighted by Crippen LogP contribution is -2.64. The van der Waals surface area contributed by atoms with Crippen molar-refractivity contribution < 1.29 is 49.4 Å². The summed E-state index contributed by atoms with van der Waals surface area (Å²) >= 11 is 0.